The highest BCUT2D eigenvalue weighted by molar-refractivity contribution is 7.09. The molecule has 0 bridgehead atoms. The molecule has 208 valence electrons. The Labute approximate surface area is 229 Å². The molecule has 4 rings (SSSR count). The van der Waals surface area contributed by atoms with Gasteiger partial charge in [0.15, 0.2) is 11.5 Å². The van der Waals surface area contributed by atoms with Gasteiger partial charge >= 0.3 is 6.18 Å². The average molecular weight is 562 g/mol. The molecule has 0 radical (unpaired) electrons. The average Bonchev–Trinajstić information content (AvgIpc) is 3.21. The molecule has 0 spiro atoms. The van der Waals surface area contributed by atoms with Crippen LogP contribution in [-0.4, -0.2) is 48.0 Å². The standard InChI is InChI=1S/C28H30F3N3O4S/c1-18-25(39-17-33-18)12-14-38-23-11-10-19(15-24(23)37-2)16-34(22-9-5-6-13-32-26(22)35)27(36)20-7-3-4-8-21(20)28(29,30)31/h3-4,7-8,10-11,15,17,22H,5-6,9,12-14,16H2,1-2H3,(H,32,35)/t22-/m0/s1. The highest BCUT2D eigenvalue weighted by Crippen LogP contribution is 2.34. The van der Waals surface area contributed by atoms with Gasteiger partial charge in [0.2, 0.25) is 5.91 Å². The SMILES string of the molecule is COc1cc(CN(C(=O)c2ccccc2C(F)(F)F)[C@H]2CCCCNC2=O)ccc1OCCc1scnc1C. The van der Waals surface area contributed by atoms with Crippen LogP contribution in [0.25, 0.3) is 0 Å². The fourth-order valence-electron chi connectivity index (χ4n) is 4.56. The third kappa shape index (κ3) is 6.89. The lowest BCUT2D eigenvalue weighted by Gasteiger charge is -2.31. The maximum atomic E-state index is 13.8. The molecule has 3 aromatic rings. The van der Waals surface area contributed by atoms with Crippen molar-refractivity contribution in [3.63, 3.8) is 0 Å². The van der Waals surface area contributed by atoms with E-state index in [2.05, 4.69) is 10.3 Å². The first kappa shape index (κ1) is 28.4. The van der Waals surface area contributed by atoms with Crippen LogP contribution in [0.3, 0.4) is 0 Å². The molecule has 39 heavy (non-hydrogen) atoms. The number of hydrogen-bond acceptors (Lipinski definition) is 6. The van der Waals surface area contributed by atoms with Gasteiger partial charge in [0.1, 0.15) is 6.04 Å². The number of hydrogen-bond donors (Lipinski definition) is 1. The summed E-state index contributed by atoms with van der Waals surface area (Å²) in [7, 11) is 1.49. The third-order valence-corrected chi connectivity index (χ3v) is 7.61. The zero-order chi connectivity index (χ0) is 28.0. The number of amides is 2. The minimum Gasteiger partial charge on any atom is -0.493 e. The zero-order valence-electron chi connectivity index (χ0n) is 21.7. The molecule has 1 saturated heterocycles. The molecule has 1 fully saturated rings. The van der Waals surface area contributed by atoms with Crippen molar-refractivity contribution >= 4 is 23.2 Å². The Bertz CT molecular complexity index is 1310. The van der Waals surface area contributed by atoms with E-state index in [0.29, 0.717) is 49.5 Å². The van der Waals surface area contributed by atoms with Crippen LogP contribution in [0.1, 0.15) is 51.3 Å². The van der Waals surface area contributed by atoms with Crippen LogP contribution in [0.2, 0.25) is 0 Å². The van der Waals surface area contributed by atoms with Gasteiger partial charge in [-0.05, 0) is 56.0 Å². The van der Waals surface area contributed by atoms with E-state index in [9.17, 15) is 22.8 Å². The topological polar surface area (TPSA) is 80.8 Å². The lowest BCUT2D eigenvalue weighted by atomic mass is 10.0. The normalized spacial score (nSPS) is 15.8. The fraction of sp³-hybridized carbons (Fsp3) is 0.393. The van der Waals surface area contributed by atoms with E-state index in [-0.39, 0.29) is 12.5 Å². The Morgan fingerprint density at radius 1 is 1.18 bits per heavy atom. The van der Waals surface area contributed by atoms with Gasteiger partial charge in [0, 0.05) is 24.4 Å². The van der Waals surface area contributed by atoms with Crippen molar-refractivity contribution < 1.29 is 32.2 Å². The summed E-state index contributed by atoms with van der Waals surface area (Å²) in [5, 5.41) is 2.78. The Balaban J connectivity index is 1.60. The van der Waals surface area contributed by atoms with E-state index < -0.39 is 29.3 Å². The number of thiazole rings is 1. The summed E-state index contributed by atoms with van der Waals surface area (Å²) < 4.78 is 52.7. The zero-order valence-corrected chi connectivity index (χ0v) is 22.5. The number of halogens is 3. The Morgan fingerprint density at radius 2 is 1.97 bits per heavy atom. The molecule has 2 aromatic carbocycles. The molecule has 7 nitrogen and oxygen atoms in total. The van der Waals surface area contributed by atoms with Crippen LogP contribution < -0.4 is 14.8 Å². The van der Waals surface area contributed by atoms with Crippen molar-refractivity contribution in [2.75, 3.05) is 20.3 Å². The number of carbonyl (C=O) groups is 2. The molecule has 1 aromatic heterocycles. The smallest absolute Gasteiger partial charge is 0.417 e. The van der Waals surface area contributed by atoms with E-state index in [1.54, 1.807) is 35.0 Å². The number of methoxy groups -OCH3 is 1. The van der Waals surface area contributed by atoms with Crippen LogP contribution in [0.5, 0.6) is 11.5 Å². The second-order valence-electron chi connectivity index (χ2n) is 9.22. The molecule has 11 heteroatoms. The van der Waals surface area contributed by atoms with Gasteiger partial charge in [-0.2, -0.15) is 13.2 Å². The molecular weight excluding hydrogens is 531 g/mol. The molecular formula is C28H30F3N3O4S. The minimum atomic E-state index is -4.72. The molecule has 0 aliphatic carbocycles. The van der Waals surface area contributed by atoms with Crippen molar-refractivity contribution in [3.8, 4) is 11.5 Å². The maximum absolute atomic E-state index is 13.8. The van der Waals surface area contributed by atoms with E-state index in [4.69, 9.17) is 9.47 Å². The molecule has 1 atom stereocenters. The predicted octanol–water partition coefficient (Wildman–Crippen LogP) is 5.41. The van der Waals surface area contributed by atoms with E-state index in [1.807, 2.05) is 6.92 Å². The van der Waals surface area contributed by atoms with Gasteiger partial charge in [0.05, 0.1) is 36.0 Å². The van der Waals surface area contributed by atoms with Crippen LogP contribution in [-0.2, 0) is 23.9 Å². The number of rotatable bonds is 9. The van der Waals surface area contributed by atoms with Crippen molar-refractivity contribution in [2.24, 2.45) is 0 Å². The van der Waals surface area contributed by atoms with Crippen molar-refractivity contribution in [2.45, 2.75) is 51.4 Å². The number of carbonyl (C=O) groups excluding carboxylic acids is 2. The van der Waals surface area contributed by atoms with E-state index in [0.717, 1.165) is 29.1 Å². The second kappa shape index (κ2) is 12.5. The van der Waals surface area contributed by atoms with Gasteiger partial charge in [0.25, 0.3) is 5.91 Å². The van der Waals surface area contributed by atoms with Gasteiger partial charge < -0.3 is 19.7 Å². The van der Waals surface area contributed by atoms with Crippen molar-refractivity contribution in [1.82, 2.24) is 15.2 Å². The van der Waals surface area contributed by atoms with Crippen LogP contribution in [0.15, 0.2) is 48.0 Å². The first-order valence-corrected chi connectivity index (χ1v) is 13.5. The number of aromatic nitrogens is 1. The van der Waals surface area contributed by atoms with Gasteiger partial charge in [-0.25, -0.2) is 4.98 Å². The number of nitrogens with one attached hydrogen (secondary N) is 1. The molecule has 0 unspecified atom stereocenters. The minimum absolute atomic E-state index is 0.0835. The van der Waals surface area contributed by atoms with Crippen LogP contribution >= 0.6 is 11.3 Å². The third-order valence-electron chi connectivity index (χ3n) is 6.62. The number of aryl methyl sites for hydroxylation is 1. The van der Waals surface area contributed by atoms with Gasteiger partial charge in [-0.15, -0.1) is 11.3 Å². The second-order valence-corrected chi connectivity index (χ2v) is 10.2. The fourth-order valence-corrected chi connectivity index (χ4v) is 5.32. The molecule has 1 aliphatic rings. The first-order chi connectivity index (χ1) is 18.7. The van der Waals surface area contributed by atoms with E-state index >= 15 is 0 Å². The Morgan fingerprint density at radius 3 is 2.69 bits per heavy atom. The summed E-state index contributed by atoms with van der Waals surface area (Å²) in [6.45, 7) is 2.72. The molecule has 1 N–H and O–H groups in total. The molecule has 2 amide bonds. The summed E-state index contributed by atoms with van der Waals surface area (Å²) >= 11 is 1.56. The number of alkyl halides is 3. The summed E-state index contributed by atoms with van der Waals surface area (Å²) in [4.78, 5) is 33.2. The maximum Gasteiger partial charge on any atom is 0.417 e. The highest BCUT2D eigenvalue weighted by Gasteiger charge is 2.38. The molecule has 0 saturated carbocycles. The van der Waals surface area contributed by atoms with Crippen LogP contribution in [0, 0.1) is 6.92 Å². The first-order valence-electron chi connectivity index (χ1n) is 12.6. The Hall–Kier alpha value is -3.60. The van der Waals surface area contributed by atoms with Crippen molar-refractivity contribution in [1.29, 1.82) is 0 Å². The summed E-state index contributed by atoms with van der Waals surface area (Å²) in [6, 6.07) is 8.84. The van der Waals surface area contributed by atoms with Crippen molar-refractivity contribution in [3.05, 3.63) is 75.2 Å². The largest absolute Gasteiger partial charge is 0.493 e. The Kier molecular flexibility index (Phi) is 9.11. The van der Waals surface area contributed by atoms with Gasteiger partial charge in [-0.1, -0.05) is 18.2 Å². The summed E-state index contributed by atoms with van der Waals surface area (Å²) in [5.74, 6) is -0.322. The summed E-state index contributed by atoms with van der Waals surface area (Å²) in [6.07, 6.45) is -2.31. The quantitative estimate of drug-likeness (QED) is 0.378. The molecule has 2 heterocycles. The summed E-state index contributed by atoms with van der Waals surface area (Å²) in [5.41, 5.74) is 1.81. The van der Waals surface area contributed by atoms with E-state index in [1.165, 1.54) is 24.1 Å². The van der Waals surface area contributed by atoms with Crippen LogP contribution in [0.4, 0.5) is 13.2 Å². The monoisotopic (exact) mass is 561 g/mol. The number of nitrogens with zero attached hydrogens (tertiary/aromatic N) is 2. The predicted molar refractivity (Wildman–Crippen MR) is 141 cm³/mol. The molecule has 1 aliphatic heterocycles. The highest BCUT2D eigenvalue weighted by atomic mass is 32.1. The number of benzene rings is 2. The lowest BCUT2D eigenvalue weighted by molar-refractivity contribution is -0.138. The number of ether oxygens (including phenoxy) is 2. The lowest BCUT2D eigenvalue weighted by Crippen LogP contribution is -2.48. The van der Waals surface area contributed by atoms with Gasteiger partial charge in [-0.3, -0.25) is 9.59 Å².